The standard InChI is InChI=1S/C18H29NO3/c1-6-7-12-21-16-13-15(9-8-14(16)2)10-11-19-17(20)22-18(3,4)5/h8-9,13H,6-7,10-12H2,1-5H3,(H,19,20). The normalized spacial score (nSPS) is 11.1. The van der Waals surface area contributed by atoms with E-state index in [1.165, 1.54) is 0 Å². The van der Waals surface area contributed by atoms with E-state index in [1.807, 2.05) is 27.7 Å². The Kier molecular flexibility index (Phi) is 7.22. The van der Waals surface area contributed by atoms with Crippen LogP contribution >= 0.6 is 0 Å². The Morgan fingerprint density at radius 1 is 1.27 bits per heavy atom. The molecule has 0 aromatic heterocycles. The smallest absolute Gasteiger partial charge is 0.407 e. The van der Waals surface area contributed by atoms with Gasteiger partial charge in [0, 0.05) is 6.54 Å². The molecule has 1 rings (SSSR count). The first-order valence-electron chi connectivity index (χ1n) is 8.01. The molecule has 1 N–H and O–H groups in total. The zero-order valence-corrected chi connectivity index (χ0v) is 14.5. The van der Waals surface area contributed by atoms with Crippen LogP contribution in [0.4, 0.5) is 4.79 Å². The van der Waals surface area contributed by atoms with Crippen molar-refractivity contribution in [3.63, 3.8) is 0 Å². The minimum atomic E-state index is -0.464. The first-order chi connectivity index (χ1) is 10.3. The molecule has 124 valence electrons. The molecule has 0 unspecified atom stereocenters. The second-order valence-corrected chi connectivity index (χ2v) is 6.48. The summed E-state index contributed by atoms with van der Waals surface area (Å²) in [6.07, 6.45) is 2.56. The predicted molar refractivity (Wildman–Crippen MR) is 89.5 cm³/mol. The largest absolute Gasteiger partial charge is 0.493 e. The molecular formula is C18H29NO3. The van der Waals surface area contributed by atoms with Gasteiger partial charge < -0.3 is 14.8 Å². The number of nitrogens with one attached hydrogen (secondary N) is 1. The Balaban J connectivity index is 2.45. The highest BCUT2D eigenvalue weighted by Gasteiger charge is 2.15. The summed E-state index contributed by atoms with van der Waals surface area (Å²) in [7, 11) is 0. The molecule has 0 saturated heterocycles. The lowest BCUT2D eigenvalue weighted by Gasteiger charge is -2.19. The maximum atomic E-state index is 11.6. The molecular weight excluding hydrogens is 278 g/mol. The number of hydrogen-bond donors (Lipinski definition) is 1. The lowest BCUT2D eigenvalue weighted by atomic mass is 10.1. The summed E-state index contributed by atoms with van der Waals surface area (Å²) in [4.78, 5) is 11.6. The van der Waals surface area contributed by atoms with E-state index in [4.69, 9.17) is 9.47 Å². The first-order valence-corrected chi connectivity index (χ1v) is 8.01. The summed E-state index contributed by atoms with van der Waals surface area (Å²) in [5, 5.41) is 2.77. The number of benzene rings is 1. The minimum Gasteiger partial charge on any atom is -0.493 e. The van der Waals surface area contributed by atoms with Gasteiger partial charge in [-0.2, -0.15) is 0 Å². The van der Waals surface area contributed by atoms with Crippen LogP contribution in [0.25, 0.3) is 0 Å². The van der Waals surface area contributed by atoms with Crippen molar-refractivity contribution in [3.8, 4) is 5.75 Å². The third-order valence-corrected chi connectivity index (χ3v) is 3.09. The fourth-order valence-electron chi connectivity index (χ4n) is 1.91. The van der Waals surface area contributed by atoms with Gasteiger partial charge in [-0.05, 0) is 57.7 Å². The number of ether oxygens (including phenoxy) is 2. The molecule has 4 nitrogen and oxygen atoms in total. The van der Waals surface area contributed by atoms with Crippen LogP contribution in [0, 0.1) is 6.92 Å². The van der Waals surface area contributed by atoms with Crippen molar-refractivity contribution in [1.29, 1.82) is 0 Å². The van der Waals surface area contributed by atoms with Gasteiger partial charge in [-0.3, -0.25) is 0 Å². The number of aryl methyl sites for hydroxylation is 1. The van der Waals surface area contributed by atoms with E-state index < -0.39 is 5.60 Å². The minimum absolute atomic E-state index is 0.376. The molecule has 0 aliphatic heterocycles. The summed E-state index contributed by atoms with van der Waals surface area (Å²) in [6.45, 7) is 11.0. The summed E-state index contributed by atoms with van der Waals surface area (Å²) >= 11 is 0. The van der Waals surface area contributed by atoms with Gasteiger partial charge in [0.1, 0.15) is 11.4 Å². The van der Waals surface area contributed by atoms with Crippen molar-refractivity contribution < 1.29 is 14.3 Å². The molecule has 1 amide bonds. The highest BCUT2D eigenvalue weighted by molar-refractivity contribution is 5.67. The van der Waals surface area contributed by atoms with Crippen LogP contribution in [-0.2, 0) is 11.2 Å². The van der Waals surface area contributed by atoms with Gasteiger partial charge in [0.05, 0.1) is 6.61 Å². The molecule has 1 aromatic carbocycles. The Bertz CT molecular complexity index is 478. The summed E-state index contributed by atoms with van der Waals surface area (Å²) < 4.78 is 11.0. The number of hydrogen-bond acceptors (Lipinski definition) is 3. The van der Waals surface area contributed by atoms with E-state index in [0.717, 1.165) is 42.7 Å². The van der Waals surface area contributed by atoms with Crippen LogP contribution in [0.2, 0.25) is 0 Å². The Hall–Kier alpha value is -1.71. The maximum Gasteiger partial charge on any atom is 0.407 e. The molecule has 22 heavy (non-hydrogen) atoms. The molecule has 0 aliphatic carbocycles. The predicted octanol–water partition coefficient (Wildman–Crippen LogP) is 4.24. The van der Waals surface area contributed by atoms with Crippen LogP contribution < -0.4 is 10.1 Å². The molecule has 4 heteroatoms. The summed E-state index contributed by atoms with van der Waals surface area (Å²) in [5.41, 5.74) is 1.82. The molecule has 0 saturated carbocycles. The fraction of sp³-hybridized carbons (Fsp3) is 0.611. The number of carbonyl (C=O) groups excluding carboxylic acids is 1. The lowest BCUT2D eigenvalue weighted by Crippen LogP contribution is -2.33. The van der Waals surface area contributed by atoms with Crippen molar-refractivity contribution in [2.45, 2.75) is 59.5 Å². The number of amides is 1. The van der Waals surface area contributed by atoms with Gasteiger partial charge >= 0.3 is 6.09 Å². The van der Waals surface area contributed by atoms with E-state index in [9.17, 15) is 4.79 Å². The Morgan fingerprint density at radius 3 is 2.64 bits per heavy atom. The third-order valence-electron chi connectivity index (χ3n) is 3.09. The molecule has 0 spiro atoms. The second-order valence-electron chi connectivity index (χ2n) is 6.48. The van der Waals surface area contributed by atoms with Crippen molar-refractivity contribution in [2.75, 3.05) is 13.2 Å². The molecule has 0 atom stereocenters. The average Bonchev–Trinajstić information content (AvgIpc) is 2.40. The van der Waals surface area contributed by atoms with Crippen LogP contribution in [0.15, 0.2) is 18.2 Å². The topological polar surface area (TPSA) is 47.6 Å². The monoisotopic (exact) mass is 307 g/mol. The summed E-state index contributed by atoms with van der Waals surface area (Å²) in [5.74, 6) is 0.934. The van der Waals surface area contributed by atoms with Gasteiger partial charge in [-0.25, -0.2) is 4.79 Å². The van der Waals surface area contributed by atoms with Crippen molar-refractivity contribution in [2.24, 2.45) is 0 Å². The first kappa shape index (κ1) is 18.3. The number of carbonyl (C=O) groups is 1. The highest BCUT2D eigenvalue weighted by atomic mass is 16.6. The maximum absolute atomic E-state index is 11.6. The van der Waals surface area contributed by atoms with E-state index in [0.29, 0.717) is 6.54 Å². The Labute approximate surface area is 134 Å². The van der Waals surface area contributed by atoms with E-state index >= 15 is 0 Å². The van der Waals surface area contributed by atoms with E-state index in [2.05, 4.69) is 30.4 Å². The molecule has 0 aliphatic rings. The number of alkyl carbamates (subject to hydrolysis) is 1. The molecule has 0 radical (unpaired) electrons. The number of unbranched alkanes of at least 4 members (excludes halogenated alkanes) is 1. The zero-order valence-electron chi connectivity index (χ0n) is 14.5. The average molecular weight is 307 g/mol. The van der Waals surface area contributed by atoms with Crippen LogP contribution in [0.1, 0.15) is 51.7 Å². The molecule has 0 bridgehead atoms. The summed E-state index contributed by atoms with van der Waals surface area (Å²) in [6, 6.07) is 6.19. The molecule has 1 aromatic rings. The second kappa shape index (κ2) is 8.66. The van der Waals surface area contributed by atoms with Crippen molar-refractivity contribution >= 4 is 6.09 Å². The van der Waals surface area contributed by atoms with Gasteiger partial charge in [0.25, 0.3) is 0 Å². The zero-order chi connectivity index (χ0) is 16.6. The Morgan fingerprint density at radius 2 is 2.00 bits per heavy atom. The lowest BCUT2D eigenvalue weighted by molar-refractivity contribution is 0.0528. The highest BCUT2D eigenvalue weighted by Crippen LogP contribution is 2.20. The van der Waals surface area contributed by atoms with Gasteiger partial charge in [0.15, 0.2) is 0 Å². The van der Waals surface area contributed by atoms with Crippen LogP contribution in [0.3, 0.4) is 0 Å². The van der Waals surface area contributed by atoms with E-state index in [1.54, 1.807) is 0 Å². The van der Waals surface area contributed by atoms with Crippen molar-refractivity contribution in [3.05, 3.63) is 29.3 Å². The van der Waals surface area contributed by atoms with Crippen LogP contribution in [0.5, 0.6) is 5.75 Å². The SMILES string of the molecule is CCCCOc1cc(CCNC(=O)OC(C)(C)C)ccc1C. The quantitative estimate of drug-likeness (QED) is 0.766. The molecule has 0 heterocycles. The third kappa shape index (κ3) is 7.34. The van der Waals surface area contributed by atoms with Crippen LogP contribution in [-0.4, -0.2) is 24.8 Å². The number of rotatable bonds is 7. The van der Waals surface area contributed by atoms with Crippen molar-refractivity contribution in [1.82, 2.24) is 5.32 Å². The van der Waals surface area contributed by atoms with Gasteiger partial charge in [0.2, 0.25) is 0 Å². The van der Waals surface area contributed by atoms with Gasteiger partial charge in [-0.1, -0.05) is 25.5 Å². The fourth-order valence-corrected chi connectivity index (χ4v) is 1.91. The van der Waals surface area contributed by atoms with Gasteiger partial charge in [-0.15, -0.1) is 0 Å². The molecule has 0 fully saturated rings. The van der Waals surface area contributed by atoms with E-state index in [-0.39, 0.29) is 6.09 Å².